The van der Waals surface area contributed by atoms with Crippen LogP contribution >= 0.6 is 0 Å². The monoisotopic (exact) mass is 459 g/mol. The minimum absolute atomic E-state index is 0.0768. The van der Waals surface area contributed by atoms with Crippen molar-refractivity contribution in [2.45, 2.75) is 58.7 Å². The van der Waals surface area contributed by atoms with Crippen molar-refractivity contribution in [1.29, 1.82) is 0 Å². The lowest BCUT2D eigenvalue weighted by Crippen LogP contribution is -2.38. The molecule has 0 saturated heterocycles. The third kappa shape index (κ3) is 7.28. The van der Waals surface area contributed by atoms with Crippen molar-refractivity contribution in [1.82, 2.24) is 4.90 Å². The highest BCUT2D eigenvalue weighted by atomic mass is 16.7. The van der Waals surface area contributed by atoms with Crippen LogP contribution in [0.1, 0.15) is 67.1 Å². The molecule has 0 aliphatic carbocycles. The van der Waals surface area contributed by atoms with Gasteiger partial charge in [0.1, 0.15) is 0 Å². The lowest BCUT2D eigenvalue weighted by molar-refractivity contribution is -0.0382. The maximum Gasteiger partial charge on any atom is 0.340 e. The second kappa shape index (κ2) is 13.1. The van der Waals surface area contributed by atoms with Gasteiger partial charge in [-0.15, -0.1) is 0 Å². The van der Waals surface area contributed by atoms with E-state index in [1.54, 1.807) is 0 Å². The molecule has 3 aromatic rings. The fraction of sp³-hybridized carbons (Fsp3) is 0.367. The molecule has 1 unspecified atom stereocenters. The van der Waals surface area contributed by atoms with Crippen molar-refractivity contribution in [3.8, 4) is 0 Å². The second-order valence-electron chi connectivity index (χ2n) is 9.15. The first-order chi connectivity index (χ1) is 16.5. The summed E-state index contributed by atoms with van der Waals surface area (Å²) < 4.78 is 11.1. The third-order valence-electron chi connectivity index (χ3n) is 6.15. The minimum Gasteiger partial charge on any atom is -0.435 e. The lowest BCUT2D eigenvalue weighted by Gasteiger charge is -2.32. The van der Waals surface area contributed by atoms with E-state index in [2.05, 4.69) is 56.9 Å². The summed E-state index contributed by atoms with van der Waals surface area (Å²) in [6, 6.07) is 29.0. The third-order valence-corrected chi connectivity index (χ3v) is 6.15. The fourth-order valence-corrected chi connectivity index (χ4v) is 4.47. The molecule has 0 fully saturated rings. The van der Waals surface area contributed by atoms with Gasteiger partial charge < -0.3 is 9.47 Å². The van der Waals surface area contributed by atoms with E-state index in [1.165, 1.54) is 5.56 Å². The SMILES string of the molecule is CC(C)N(CCC(c1ccccc1)c1ccccc1C(=O)OCOCc1ccccc1)C(C)C. The molecule has 3 aromatic carbocycles. The number of nitrogens with zero attached hydrogens (tertiary/aromatic N) is 1. The van der Waals surface area contributed by atoms with E-state index in [4.69, 9.17) is 9.47 Å². The summed E-state index contributed by atoms with van der Waals surface area (Å²) in [7, 11) is 0. The molecule has 1 atom stereocenters. The van der Waals surface area contributed by atoms with E-state index in [0.29, 0.717) is 24.3 Å². The van der Waals surface area contributed by atoms with Gasteiger partial charge >= 0.3 is 5.97 Å². The van der Waals surface area contributed by atoms with Gasteiger partial charge in [-0.3, -0.25) is 4.90 Å². The van der Waals surface area contributed by atoms with Crippen LogP contribution in [0.2, 0.25) is 0 Å². The number of hydrogen-bond acceptors (Lipinski definition) is 4. The van der Waals surface area contributed by atoms with E-state index in [9.17, 15) is 4.79 Å². The minimum atomic E-state index is -0.353. The summed E-state index contributed by atoms with van der Waals surface area (Å²) >= 11 is 0. The van der Waals surface area contributed by atoms with Gasteiger partial charge in [0, 0.05) is 18.0 Å². The summed E-state index contributed by atoms with van der Waals surface area (Å²) in [6.45, 7) is 10.2. The molecule has 4 nitrogen and oxygen atoms in total. The Hall–Kier alpha value is -2.95. The van der Waals surface area contributed by atoms with Crippen LogP contribution in [0.25, 0.3) is 0 Å². The highest BCUT2D eigenvalue weighted by molar-refractivity contribution is 5.91. The van der Waals surface area contributed by atoms with Crippen LogP contribution in [-0.4, -0.2) is 36.3 Å². The van der Waals surface area contributed by atoms with Crippen LogP contribution in [0.4, 0.5) is 0 Å². The quantitative estimate of drug-likeness (QED) is 0.172. The maximum absolute atomic E-state index is 13.1. The first-order valence-electron chi connectivity index (χ1n) is 12.2. The van der Waals surface area contributed by atoms with Crippen LogP contribution in [0, 0.1) is 0 Å². The summed E-state index contributed by atoms with van der Waals surface area (Å²) in [5.41, 5.74) is 3.84. The van der Waals surface area contributed by atoms with E-state index in [1.807, 2.05) is 60.7 Å². The molecule has 0 radical (unpaired) electrons. The highest BCUT2D eigenvalue weighted by Crippen LogP contribution is 2.31. The number of rotatable bonds is 12. The Morgan fingerprint density at radius 2 is 1.38 bits per heavy atom. The Kier molecular flexibility index (Phi) is 9.87. The Balaban J connectivity index is 1.75. The van der Waals surface area contributed by atoms with Gasteiger partial charge in [0.15, 0.2) is 6.79 Å². The standard InChI is InChI=1S/C30H37NO3/c1-23(2)31(24(3)4)20-19-27(26-15-9-6-10-16-26)28-17-11-12-18-29(28)30(32)34-22-33-21-25-13-7-5-8-14-25/h5-18,23-24,27H,19-22H2,1-4H3. The van der Waals surface area contributed by atoms with Crippen LogP contribution in [0.3, 0.4) is 0 Å². The first kappa shape index (κ1) is 25.7. The normalized spacial score (nSPS) is 12.3. The average molecular weight is 460 g/mol. The molecular formula is C30H37NO3. The number of carbonyl (C=O) groups is 1. The molecule has 0 N–H and O–H groups in total. The maximum atomic E-state index is 13.1. The van der Waals surface area contributed by atoms with Gasteiger partial charge in [-0.05, 0) is 63.4 Å². The largest absolute Gasteiger partial charge is 0.435 e. The number of benzene rings is 3. The molecule has 34 heavy (non-hydrogen) atoms. The van der Waals surface area contributed by atoms with Gasteiger partial charge in [0.2, 0.25) is 0 Å². The van der Waals surface area contributed by atoms with Gasteiger partial charge in [-0.2, -0.15) is 0 Å². The average Bonchev–Trinajstić information content (AvgIpc) is 2.85. The number of esters is 1. The Labute approximate surface area is 204 Å². The van der Waals surface area contributed by atoms with Crippen LogP contribution < -0.4 is 0 Å². The zero-order valence-corrected chi connectivity index (χ0v) is 20.8. The smallest absolute Gasteiger partial charge is 0.340 e. The fourth-order valence-electron chi connectivity index (χ4n) is 4.47. The van der Waals surface area contributed by atoms with Gasteiger partial charge in [0.05, 0.1) is 12.2 Å². The molecule has 0 heterocycles. The van der Waals surface area contributed by atoms with Crippen molar-refractivity contribution in [2.24, 2.45) is 0 Å². The van der Waals surface area contributed by atoms with Crippen LogP contribution in [-0.2, 0) is 16.1 Å². The predicted octanol–water partition coefficient (Wildman–Crippen LogP) is 6.66. The Bertz CT molecular complexity index is 994. The predicted molar refractivity (Wildman–Crippen MR) is 138 cm³/mol. The van der Waals surface area contributed by atoms with Crippen LogP contribution in [0.5, 0.6) is 0 Å². The molecule has 0 bridgehead atoms. The summed E-state index contributed by atoms with van der Waals surface area (Å²) in [4.78, 5) is 15.5. The number of carbonyl (C=O) groups excluding carboxylic acids is 1. The summed E-state index contributed by atoms with van der Waals surface area (Å²) in [5, 5.41) is 0. The molecule has 180 valence electrons. The summed E-state index contributed by atoms with van der Waals surface area (Å²) in [5.74, 6) is -0.260. The second-order valence-corrected chi connectivity index (χ2v) is 9.15. The molecule has 0 saturated carbocycles. The van der Waals surface area contributed by atoms with E-state index < -0.39 is 0 Å². The zero-order chi connectivity index (χ0) is 24.3. The molecule has 4 heteroatoms. The highest BCUT2D eigenvalue weighted by Gasteiger charge is 2.23. The molecular weight excluding hydrogens is 422 g/mol. The van der Waals surface area contributed by atoms with Crippen molar-refractivity contribution >= 4 is 5.97 Å². The van der Waals surface area contributed by atoms with E-state index >= 15 is 0 Å². The van der Waals surface area contributed by atoms with Gasteiger partial charge in [0.25, 0.3) is 0 Å². The molecule has 0 aliphatic rings. The van der Waals surface area contributed by atoms with Gasteiger partial charge in [-0.1, -0.05) is 78.9 Å². The van der Waals surface area contributed by atoms with Crippen LogP contribution in [0.15, 0.2) is 84.9 Å². The zero-order valence-electron chi connectivity index (χ0n) is 20.8. The molecule has 3 rings (SSSR count). The Morgan fingerprint density at radius 1 is 0.794 bits per heavy atom. The van der Waals surface area contributed by atoms with Crippen molar-refractivity contribution in [3.05, 3.63) is 107 Å². The van der Waals surface area contributed by atoms with E-state index in [-0.39, 0.29) is 18.7 Å². The molecule has 0 aromatic heterocycles. The molecule has 0 amide bonds. The van der Waals surface area contributed by atoms with E-state index in [0.717, 1.165) is 24.1 Å². The topological polar surface area (TPSA) is 38.8 Å². The van der Waals surface area contributed by atoms with Crippen molar-refractivity contribution in [2.75, 3.05) is 13.3 Å². The lowest BCUT2D eigenvalue weighted by atomic mass is 9.85. The van der Waals surface area contributed by atoms with Crippen molar-refractivity contribution < 1.29 is 14.3 Å². The molecule has 0 aliphatic heterocycles. The van der Waals surface area contributed by atoms with Crippen molar-refractivity contribution in [3.63, 3.8) is 0 Å². The molecule has 0 spiro atoms. The number of ether oxygens (including phenoxy) is 2. The number of hydrogen-bond donors (Lipinski definition) is 0. The first-order valence-corrected chi connectivity index (χ1v) is 12.2. The summed E-state index contributed by atoms with van der Waals surface area (Å²) in [6.07, 6.45) is 0.912. The Morgan fingerprint density at radius 3 is 2.03 bits per heavy atom. The van der Waals surface area contributed by atoms with Gasteiger partial charge in [-0.25, -0.2) is 4.79 Å².